The monoisotopic (exact) mass is 204 g/mol. The van der Waals surface area contributed by atoms with Crippen LogP contribution in [0.2, 0.25) is 0 Å². The van der Waals surface area contributed by atoms with Crippen molar-refractivity contribution in [3.63, 3.8) is 0 Å². The van der Waals surface area contributed by atoms with E-state index in [-0.39, 0.29) is 0 Å². The van der Waals surface area contributed by atoms with Crippen molar-refractivity contribution >= 4 is 11.7 Å². The average Bonchev–Trinajstić information content (AvgIpc) is 2.17. The molecule has 0 radical (unpaired) electrons. The zero-order valence-corrected chi connectivity index (χ0v) is 8.70. The summed E-state index contributed by atoms with van der Waals surface area (Å²) in [4.78, 5) is 14.9. The van der Waals surface area contributed by atoms with Crippen LogP contribution in [0, 0.1) is 18.8 Å². The first kappa shape index (κ1) is 11.1. The Morgan fingerprint density at radius 2 is 2.40 bits per heavy atom. The van der Waals surface area contributed by atoms with Crippen LogP contribution in [0.5, 0.6) is 0 Å². The van der Waals surface area contributed by atoms with Crippen LogP contribution in [-0.4, -0.2) is 17.6 Å². The minimum Gasteiger partial charge on any atom is -0.456 e. The fourth-order valence-electron chi connectivity index (χ4n) is 0.974. The van der Waals surface area contributed by atoms with Crippen molar-refractivity contribution in [3.05, 3.63) is 23.5 Å². The van der Waals surface area contributed by atoms with Gasteiger partial charge in [0, 0.05) is 12.1 Å². The van der Waals surface area contributed by atoms with Crippen LogP contribution in [0.25, 0.3) is 0 Å². The topological polar surface area (TPSA) is 65.2 Å². The summed E-state index contributed by atoms with van der Waals surface area (Å²) in [6.45, 7) is 3.91. The maximum Gasteiger partial charge on any atom is 0.384 e. The number of carbonyl (C=O) groups excluding carboxylic acids is 1. The highest BCUT2D eigenvalue weighted by Gasteiger charge is 1.98. The molecule has 0 aliphatic rings. The summed E-state index contributed by atoms with van der Waals surface area (Å²) in [5, 5.41) is 0. The van der Waals surface area contributed by atoms with Crippen molar-refractivity contribution in [1.29, 1.82) is 0 Å². The molecule has 0 bridgehead atoms. The molecule has 0 spiro atoms. The molecule has 0 aromatic carbocycles. The molecule has 2 N–H and O–H groups in total. The van der Waals surface area contributed by atoms with E-state index in [1.54, 1.807) is 19.2 Å². The molecule has 78 valence electrons. The number of hydrogen-bond acceptors (Lipinski definition) is 4. The van der Waals surface area contributed by atoms with Crippen LogP contribution in [-0.2, 0) is 9.53 Å². The zero-order chi connectivity index (χ0) is 11.3. The Labute approximate surface area is 88.5 Å². The van der Waals surface area contributed by atoms with E-state index in [0.717, 1.165) is 5.56 Å². The fraction of sp³-hybridized carbons (Fsp3) is 0.273. The number of anilines is 1. The molecule has 0 unspecified atom stereocenters. The van der Waals surface area contributed by atoms with E-state index in [2.05, 4.69) is 21.6 Å². The smallest absolute Gasteiger partial charge is 0.384 e. The molecule has 0 fully saturated rings. The second-order valence-electron chi connectivity index (χ2n) is 2.92. The van der Waals surface area contributed by atoms with Crippen molar-refractivity contribution in [2.45, 2.75) is 13.8 Å². The predicted octanol–water partition coefficient (Wildman–Crippen LogP) is 0.887. The Balaban J connectivity index is 2.84. The lowest BCUT2D eigenvalue weighted by atomic mass is 10.2. The highest BCUT2D eigenvalue weighted by atomic mass is 16.5. The summed E-state index contributed by atoms with van der Waals surface area (Å²) in [5.41, 5.74) is 7.48. The largest absolute Gasteiger partial charge is 0.456 e. The molecule has 1 heterocycles. The first-order valence-electron chi connectivity index (χ1n) is 4.54. The lowest BCUT2D eigenvalue weighted by Gasteiger charge is -1.97. The number of hydrogen-bond donors (Lipinski definition) is 1. The molecule has 0 saturated carbocycles. The van der Waals surface area contributed by atoms with Crippen LogP contribution < -0.4 is 5.73 Å². The Hall–Kier alpha value is -2.02. The van der Waals surface area contributed by atoms with E-state index in [0.29, 0.717) is 18.0 Å². The Bertz CT molecular complexity index is 430. The lowest BCUT2D eigenvalue weighted by Crippen LogP contribution is -2.00. The molecule has 4 nitrogen and oxygen atoms in total. The van der Waals surface area contributed by atoms with E-state index in [9.17, 15) is 4.79 Å². The minimum absolute atomic E-state index is 0.310. The van der Waals surface area contributed by atoms with Gasteiger partial charge in [-0.25, -0.2) is 9.78 Å². The molecule has 0 atom stereocenters. The van der Waals surface area contributed by atoms with Gasteiger partial charge in [-0.2, -0.15) is 0 Å². The van der Waals surface area contributed by atoms with E-state index >= 15 is 0 Å². The molecule has 0 aliphatic heterocycles. The third-order valence-corrected chi connectivity index (χ3v) is 1.61. The van der Waals surface area contributed by atoms with Gasteiger partial charge in [0.05, 0.1) is 12.3 Å². The lowest BCUT2D eigenvalue weighted by molar-refractivity contribution is -0.136. The summed E-state index contributed by atoms with van der Waals surface area (Å²) in [6.07, 6.45) is 1.64. The van der Waals surface area contributed by atoms with Crippen molar-refractivity contribution < 1.29 is 9.53 Å². The Kier molecular flexibility index (Phi) is 3.69. The van der Waals surface area contributed by atoms with Gasteiger partial charge in [-0.05, 0) is 31.4 Å². The van der Waals surface area contributed by atoms with E-state index in [1.165, 1.54) is 0 Å². The average molecular weight is 204 g/mol. The third-order valence-electron chi connectivity index (χ3n) is 1.61. The highest BCUT2D eigenvalue weighted by molar-refractivity contribution is 5.89. The second-order valence-corrected chi connectivity index (χ2v) is 2.92. The number of nitrogens with zero attached hydrogens (tertiary/aromatic N) is 1. The standard InChI is InChI=1S/C11H12N2O2/c1-3-15-11(14)5-4-10-9(12)6-8(2)7-13-10/h6-7H,3,12H2,1-2H3. The second kappa shape index (κ2) is 5.01. The number of rotatable bonds is 1. The van der Waals surface area contributed by atoms with Gasteiger partial charge >= 0.3 is 5.97 Å². The number of nitrogens with two attached hydrogens (primary N) is 1. The number of esters is 1. The Morgan fingerprint density at radius 3 is 3.00 bits per heavy atom. The predicted molar refractivity (Wildman–Crippen MR) is 56.9 cm³/mol. The molecule has 4 heteroatoms. The third kappa shape index (κ3) is 3.31. The summed E-state index contributed by atoms with van der Waals surface area (Å²) >= 11 is 0. The van der Waals surface area contributed by atoms with Crippen LogP contribution >= 0.6 is 0 Å². The summed E-state index contributed by atoms with van der Waals surface area (Å²) < 4.78 is 4.65. The number of aromatic nitrogens is 1. The SMILES string of the molecule is CCOC(=O)C#Cc1ncc(C)cc1N. The van der Waals surface area contributed by atoms with Crippen molar-refractivity contribution in [1.82, 2.24) is 4.98 Å². The number of carbonyl (C=O) groups is 1. The molecule has 1 rings (SSSR count). The van der Waals surface area contributed by atoms with E-state index < -0.39 is 5.97 Å². The first-order valence-corrected chi connectivity index (χ1v) is 4.54. The molecular weight excluding hydrogens is 192 g/mol. The van der Waals surface area contributed by atoms with Gasteiger partial charge in [-0.1, -0.05) is 0 Å². The van der Waals surface area contributed by atoms with E-state index in [1.807, 2.05) is 6.92 Å². The maximum atomic E-state index is 10.9. The van der Waals surface area contributed by atoms with Gasteiger partial charge in [0.15, 0.2) is 0 Å². The van der Waals surface area contributed by atoms with Crippen LogP contribution in [0.3, 0.4) is 0 Å². The minimum atomic E-state index is -0.570. The van der Waals surface area contributed by atoms with Crippen molar-refractivity contribution in [2.24, 2.45) is 0 Å². The summed E-state index contributed by atoms with van der Waals surface area (Å²) in [5.74, 6) is 4.30. The fourth-order valence-corrected chi connectivity index (χ4v) is 0.974. The quantitative estimate of drug-likeness (QED) is 0.545. The van der Waals surface area contributed by atoms with Gasteiger partial charge in [-0.15, -0.1) is 0 Å². The molecule has 0 amide bonds. The molecule has 1 aromatic heterocycles. The van der Waals surface area contributed by atoms with Crippen LogP contribution in [0.1, 0.15) is 18.2 Å². The Morgan fingerprint density at radius 1 is 1.67 bits per heavy atom. The zero-order valence-electron chi connectivity index (χ0n) is 8.70. The summed E-state index contributed by atoms with van der Waals surface area (Å²) in [6, 6.07) is 1.75. The number of pyridine rings is 1. The van der Waals surface area contributed by atoms with Crippen molar-refractivity contribution in [3.8, 4) is 11.8 Å². The highest BCUT2D eigenvalue weighted by Crippen LogP contribution is 2.08. The normalized spacial score (nSPS) is 8.93. The van der Waals surface area contributed by atoms with E-state index in [4.69, 9.17) is 5.73 Å². The first-order chi connectivity index (χ1) is 7.13. The van der Waals surface area contributed by atoms with Crippen LogP contribution in [0.4, 0.5) is 5.69 Å². The molecule has 0 saturated heterocycles. The molecular formula is C11H12N2O2. The summed E-state index contributed by atoms with van der Waals surface area (Å²) in [7, 11) is 0. The molecule has 0 aliphatic carbocycles. The number of nitrogen functional groups attached to an aromatic ring is 1. The number of aryl methyl sites for hydroxylation is 1. The number of ether oxygens (including phenoxy) is 1. The van der Waals surface area contributed by atoms with Crippen molar-refractivity contribution in [2.75, 3.05) is 12.3 Å². The maximum absolute atomic E-state index is 10.9. The molecule has 15 heavy (non-hydrogen) atoms. The molecule has 1 aromatic rings. The van der Waals surface area contributed by atoms with Gasteiger partial charge in [-0.3, -0.25) is 0 Å². The van der Waals surface area contributed by atoms with Gasteiger partial charge < -0.3 is 10.5 Å². The van der Waals surface area contributed by atoms with Crippen LogP contribution in [0.15, 0.2) is 12.3 Å². The van der Waals surface area contributed by atoms with Gasteiger partial charge in [0.1, 0.15) is 5.69 Å². The van der Waals surface area contributed by atoms with Gasteiger partial charge in [0.2, 0.25) is 0 Å². The van der Waals surface area contributed by atoms with Gasteiger partial charge in [0.25, 0.3) is 0 Å².